The molecule has 1 saturated heterocycles. The van der Waals surface area contributed by atoms with Crippen molar-refractivity contribution in [2.24, 2.45) is 5.10 Å². The highest BCUT2D eigenvalue weighted by Crippen LogP contribution is 2.28. The average Bonchev–Trinajstić information content (AvgIpc) is 3.06. The number of benzene rings is 1. The van der Waals surface area contributed by atoms with Crippen LogP contribution in [0.15, 0.2) is 23.3 Å². The fourth-order valence-electron chi connectivity index (χ4n) is 3.23. The summed E-state index contributed by atoms with van der Waals surface area (Å²) < 4.78 is 5.30. The number of hydrogen-bond donors (Lipinski definition) is 2. The van der Waals surface area contributed by atoms with Gasteiger partial charge in [-0.05, 0) is 37.6 Å². The van der Waals surface area contributed by atoms with Gasteiger partial charge in [0.2, 0.25) is 5.91 Å². The van der Waals surface area contributed by atoms with E-state index in [4.69, 9.17) is 4.74 Å². The molecule has 2 aliphatic rings. The number of aryl methyl sites for hydroxylation is 1. The topological polar surface area (TPSA) is 115 Å². The molecule has 1 aromatic rings. The van der Waals surface area contributed by atoms with E-state index in [9.17, 15) is 19.5 Å². The fourth-order valence-corrected chi connectivity index (χ4v) is 3.23. The van der Waals surface area contributed by atoms with Crippen LogP contribution < -0.4 is 15.1 Å². The molecule has 2 aliphatic heterocycles. The number of hydrogen-bond acceptors (Lipinski definition) is 7. The summed E-state index contributed by atoms with van der Waals surface area (Å²) in [5, 5.41) is 17.4. The van der Waals surface area contributed by atoms with Gasteiger partial charge in [0.05, 0.1) is 19.6 Å². The van der Waals surface area contributed by atoms with Gasteiger partial charge in [-0.2, -0.15) is 5.10 Å². The smallest absolute Gasteiger partial charge is 0.414 e. The number of aliphatic hydroxyl groups is 1. The summed E-state index contributed by atoms with van der Waals surface area (Å²) >= 11 is 0. The molecular weight excluding hydrogens is 378 g/mol. The Morgan fingerprint density at radius 2 is 2.14 bits per heavy atom. The van der Waals surface area contributed by atoms with Crippen molar-refractivity contribution in [3.63, 3.8) is 0 Å². The van der Waals surface area contributed by atoms with Gasteiger partial charge in [0.25, 0.3) is 5.91 Å². The molecule has 3 rings (SSSR count). The number of aliphatic hydroxyl groups excluding tert-OH is 1. The van der Waals surface area contributed by atoms with E-state index < -0.39 is 24.2 Å². The predicted molar refractivity (Wildman–Crippen MR) is 107 cm³/mol. The molecule has 0 spiro atoms. The molecule has 3 amide bonds. The van der Waals surface area contributed by atoms with E-state index in [1.807, 2.05) is 30.0 Å². The summed E-state index contributed by atoms with van der Waals surface area (Å²) in [7, 11) is 0. The number of rotatable bonds is 5. The van der Waals surface area contributed by atoms with Crippen LogP contribution in [0.3, 0.4) is 0 Å². The van der Waals surface area contributed by atoms with Crippen molar-refractivity contribution < 1.29 is 24.2 Å². The van der Waals surface area contributed by atoms with E-state index in [2.05, 4.69) is 10.4 Å². The molecule has 0 aromatic heterocycles. The number of anilines is 2. The van der Waals surface area contributed by atoms with Gasteiger partial charge in [0, 0.05) is 24.8 Å². The molecule has 1 aromatic carbocycles. The zero-order valence-electron chi connectivity index (χ0n) is 16.7. The highest BCUT2D eigenvalue weighted by molar-refractivity contribution is 5.91. The van der Waals surface area contributed by atoms with Gasteiger partial charge >= 0.3 is 6.09 Å². The number of carbonyl (C=O) groups excluding carboxylic acids is 3. The third-order valence-electron chi connectivity index (χ3n) is 4.75. The monoisotopic (exact) mass is 403 g/mol. The van der Waals surface area contributed by atoms with Gasteiger partial charge in [-0.1, -0.05) is 0 Å². The van der Waals surface area contributed by atoms with Crippen molar-refractivity contribution in [2.45, 2.75) is 33.0 Å². The summed E-state index contributed by atoms with van der Waals surface area (Å²) in [6.07, 6.45) is -0.369. The molecule has 156 valence electrons. The van der Waals surface area contributed by atoms with Crippen molar-refractivity contribution in [3.8, 4) is 0 Å². The maximum absolute atomic E-state index is 12.2. The largest absolute Gasteiger partial charge is 0.442 e. The number of nitrogens with zero attached hydrogens (tertiary/aromatic N) is 4. The normalized spacial score (nSPS) is 19.9. The first kappa shape index (κ1) is 20.6. The van der Waals surface area contributed by atoms with Crippen LogP contribution in [0.2, 0.25) is 0 Å². The Morgan fingerprint density at radius 1 is 1.38 bits per heavy atom. The SMILES string of the molecule is CC(=O)NC[C@H]1CN(c2ccc(N3C=NN(C(=O)C(C)O)CC3)c(C)c2)C(=O)O1. The number of cyclic esters (lactones) is 1. The lowest BCUT2D eigenvalue weighted by molar-refractivity contribution is -0.139. The lowest BCUT2D eigenvalue weighted by Crippen LogP contribution is -2.44. The maximum atomic E-state index is 12.2. The summed E-state index contributed by atoms with van der Waals surface area (Å²) in [6.45, 7) is 6.30. The summed E-state index contributed by atoms with van der Waals surface area (Å²) in [6, 6.07) is 5.60. The standard InChI is InChI=1S/C19H25N5O5/c1-12-8-15(23-10-16(29-19(23)28)9-20-14(3)26)4-5-17(12)22-6-7-24(21-11-22)18(27)13(2)25/h4-5,8,11,13,16,25H,6-7,9-10H2,1-3H3,(H,20,26)/t13?,16-/m0/s1. The van der Waals surface area contributed by atoms with Gasteiger partial charge in [-0.25, -0.2) is 9.80 Å². The minimum absolute atomic E-state index is 0.170. The van der Waals surface area contributed by atoms with Crippen LogP contribution >= 0.6 is 0 Å². The first-order valence-electron chi connectivity index (χ1n) is 9.39. The minimum atomic E-state index is -1.09. The highest BCUT2D eigenvalue weighted by Gasteiger charge is 2.32. The second-order valence-electron chi connectivity index (χ2n) is 7.09. The lowest BCUT2D eigenvalue weighted by Gasteiger charge is -2.30. The molecule has 10 heteroatoms. The summed E-state index contributed by atoms with van der Waals surface area (Å²) in [4.78, 5) is 38.5. The zero-order chi connectivity index (χ0) is 21.1. The third kappa shape index (κ3) is 4.65. The van der Waals surface area contributed by atoms with E-state index in [1.165, 1.54) is 23.8 Å². The van der Waals surface area contributed by atoms with Gasteiger partial charge in [0.1, 0.15) is 18.5 Å². The Balaban J connectivity index is 1.68. The predicted octanol–water partition coefficient (Wildman–Crippen LogP) is 0.429. The maximum Gasteiger partial charge on any atom is 0.414 e. The van der Waals surface area contributed by atoms with Crippen molar-refractivity contribution in [3.05, 3.63) is 23.8 Å². The Hall–Kier alpha value is -3.14. The Bertz CT molecular complexity index is 840. The molecule has 2 N–H and O–H groups in total. The molecule has 2 atom stereocenters. The van der Waals surface area contributed by atoms with Crippen LogP contribution in [0.5, 0.6) is 0 Å². The van der Waals surface area contributed by atoms with Crippen LogP contribution in [-0.4, -0.2) is 72.7 Å². The minimum Gasteiger partial charge on any atom is -0.442 e. The Morgan fingerprint density at radius 3 is 2.72 bits per heavy atom. The molecule has 0 aliphatic carbocycles. The second kappa shape index (κ2) is 8.48. The molecule has 0 saturated carbocycles. The van der Waals surface area contributed by atoms with E-state index in [0.717, 1.165) is 11.3 Å². The van der Waals surface area contributed by atoms with Crippen molar-refractivity contribution in [1.29, 1.82) is 0 Å². The van der Waals surface area contributed by atoms with E-state index in [-0.39, 0.29) is 12.5 Å². The van der Waals surface area contributed by atoms with Crippen LogP contribution in [-0.2, 0) is 14.3 Å². The highest BCUT2D eigenvalue weighted by atomic mass is 16.6. The van der Waals surface area contributed by atoms with Gasteiger partial charge in [-0.15, -0.1) is 0 Å². The first-order valence-corrected chi connectivity index (χ1v) is 9.39. The molecule has 0 bridgehead atoms. The molecule has 1 unspecified atom stereocenters. The molecule has 2 heterocycles. The van der Waals surface area contributed by atoms with E-state index in [0.29, 0.717) is 25.3 Å². The summed E-state index contributed by atoms with van der Waals surface area (Å²) in [5.41, 5.74) is 2.55. The Kier molecular flexibility index (Phi) is 6.02. The molecule has 0 radical (unpaired) electrons. The van der Waals surface area contributed by atoms with Crippen LogP contribution in [0.1, 0.15) is 19.4 Å². The van der Waals surface area contributed by atoms with Crippen molar-refractivity contribution in [1.82, 2.24) is 10.3 Å². The molecule has 29 heavy (non-hydrogen) atoms. The first-order chi connectivity index (χ1) is 13.8. The number of nitrogens with one attached hydrogen (secondary N) is 1. The van der Waals surface area contributed by atoms with E-state index >= 15 is 0 Å². The van der Waals surface area contributed by atoms with Crippen LogP contribution in [0, 0.1) is 6.92 Å². The molecule has 10 nitrogen and oxygen atoms in total. The quantitative estimate of drug-likeness (QED) is 0.737. The zero-order valence-corrected chi connectivity index (χ0v) is 16.7. The van der Waals surface area contributed by atoms with Gasteiger partial charge < -0.3 is 20.1 Å². The summed E-state index contributed by atoms with van der Waals surface area (Å²) in [5.74, 6) is -0.606. The number of ether oxygens (including phenoxy) is 1. The van der Waals surface area contributed by atoms with E-state index in [1.54, 1.807) is 6.34 Å². The molecule has 1 fully saturated rings. The Labute approximate surface area is 168 Å². The number of hydrazone groups is 1. The fraction of sp³-hybridized carbons (Fsp3) is 0.474. The third-order valence-corrected chi connectivity index (χ3v) is 4.75. The van der Waals surface area contributed by atoms with Crippen molar-refractivity contribution in [2.75, 3.05) is 36.0 Å². The number of amides is 3. The van der Waals surface area contributed by atoms with Gasteiger partial charge in [0.15, 0.2) is 0 Å². The average molecular weight is 403 g/mol. The number of carbonyl (C=O) groups is 3. The van der Waals surface area contributed by atoms with Crippen molar-refractivity contribution >= 4 is 35.6 Å². The second-order valence-corrected chi connectivity index (χ2v) is 7.09. The molecular formula is C19H25N5O5. The van der Waals surface area contributed by atoms with Gasteiger partial charge in [-0.3, -0.25) is 14.5 Å². The lowest BCUT2D eigenvalue weighted by atomic mass is 10.1. The van der Waals surface area contributed by atoms with Crippen LogP contribution in [0.4, 0.5) is 16.2 Å². The van der Waals surface area contributed by atoms with Crippen LogP contribution in [0.25, 0.3) is 0 Å².